The second-order valence-electron chi connectivity index (χ2n) is 5.75. The van der Waals surface area contributed by atoms with Gasteiger partial charge in [0.05, 0.1) is 6.54 Å². The molecule has 2 N–H and O–H groups in total. The molecule has 0 aliphatic heterocycles. The Labute approximate surface area is 157 Å². The van der Waals surface area contributed by atoms with Crippen molar-refractivity contribution in [1.29, 1.82) is 0 Å². The summed E-state index contributed by atoms with van der Waals surface area (Å²) in [6.07, 6.45) is 0. The van der Waals surface area contributed by atoms with Crippen molar-refractivity contribution >= 4 is 28.9 Å². The number of amides is 1. The van der Waals surface area contributed by atoms with Crippen molar-refractivity contribution in [3.8, 4) is 11.5 Å². The molecule has 0 heterocycles. The lowest BCUT2D eigenvalue weighted by Crippen LogP contribution is -2.22. The summed E-state index contributed by atoms with van der Waals surface area (Å²) in [4.78, 5) is 12.1. The standard InChI is InChI=1S/C21H19ClN2O2/c1-15-19(22)8-5-9-20(15)24-21(25)14-23-16-10-12-18(13-11-16)26-17-6-3-2-4-7-17/h2-13,23H,14H2,1H3,(H,24,25). The third-order valence-corrected chi connectivity index (χ3v) is 4.24. The highest BCUT2D eigenvalue weighted by Gasteiger charge is 2.07. The van der Waals surface area contributed by atoms with Crippen LogP contribution in [-0.4, -0.2) is 12.5 Å². The summed E-state index contributed by atoms with van der Waals surface area (Å²) in [7, 11) is 0. The molecule has 1 amide bonds. The van der Waals surface area contributed by atoms with Gasteiger partial charge in [0.1, 0.15) is 11.5 Å². The van der Waals surface area contributed by atoms with Gasteiger partial charge in [-0.25, -0.2) is 0 Å². The fourth-order valence-electron chi connectivity index (χ4n) is 2.39. The van der Waals surface area contributed by atoms with Gasteiger partial charge in [-0.2, -0.15) is 0 Å². The maximum Gasteiger partial charge on any atom is 0.243 e. The number of anilines is 2. The Bertz CT molecular complexity index is 880. The summed E-state index contributed by atoms with van der Waals surface area (Å²) in [5.41, 5.74) is 2.41. The highest BCUT2D eigenvalue weighted by atomic mass is 35.5. The van der Waals surface area contributed by atoms with Gasteiger partial charge >= 0.3 is 0 Å². The van der Waals surface area contributed by atoms with Crippen molar-refractivity contribution < 1.29 is 9.53 Å². The monoisotopic (exact) mass is 366 g/mol. The first kappa shape index (κ1) is 17.8. The van der Waals surface area contributed by atoms with E-state index < -0.39 is 0 Å². The Morgan fingerprint density at radius 2 is 1.62 bits per heavy atom. The number of carbonyl (C=O) groups is 1. The van der Waals surface area contributed by atoms with Gasteiger partial charge < -0.3 is 15.4 Å². The maximum absolute atomic E-state index is 12.1. The normalized spacial score (nSPS) is 10.2. The molecule has 0 fully saturated rings. The number of benzene rings is 3. The molecule has 0 atom stereocenters. The lowest BCUT2D eigenvalue weighted by Gasteiger charge is -2.11. The molecule has 3 rings (SSSR count). The second kappa shape index (κ2) is 8.41. The number of carbonyl (C=O) groups excluding carboxylic acids is 1. The van der Waals surface area contributed by atoms with Crippen LogP contribution in [0.3, 0.4) is 0 Å². The van der Waals surface area contributed by atoms with Crippen molar-refractivity contribution in [2.75, 3.05) is 17.2 Å². The predicted molar refractivity (Wildman–Crippen MR) is 106 cm³/mol. The summed E-state index contributed by atoms with van der Waals surface area (Å²) in [5.74, 6) is 1.38. The van der Waals surface area contributed by atoms with Gasteiger partial charge in [-0.3, -0.25) is 4.79 Å². The van der Waals surface area contributed by atoms with E-state index in [1.54, 1.807) is 6.07 Å². The minimum absolute atomic E-state index is 0.139. The Balaban J connectivity index is 1.53. The SMILES string of the molecule is Cc1c(Cl)cccc1NC(=O)CNc1ccc(Oc2ccccc2)cc1. The van der Waals surface area contributed by atoms with Gasteiger partial charge in [0.2, 0.25) is 5.91 Å². The lowest BCUT2D eigenvalue weighted by atomic mass is 10.2. The maximum atomic E-state index is 12.1. The van der Waals surface area contributed by atoms with Gasteiger partial charge in [0, 0.05) is 16.4 Å². The van der Waals surface area contributed by atoms with Gasteiger partial charge in [-0.15, -0.1) is 0 Å². The summed E-state index contributed by atoms with van der Waals surface area (Å²) in [6.45, 7) is 2.03. The van der Waals surface area contributed by atoms with E-state index in [0.29, 0.717) is 5.02 Å². The first-order chi connectivity index (χ1) is 12.6. The topological polar surface area (TPSA) is 50.4 Å². The van der Waals surface area contributed by atoms with Crippen molar-refractivity contribution in [2.45, 2.75) is 6.92 Å². The van der Waals surface area contributed by atoms with Crippen LogP contribution in [0.4, 0.5) is 11.4 Å². The average Bonchev–Trinajstić information content (AvgIpc) is 2.66. The molecule has 0 unspecified atom stereocenters. The Morgan fingerprint density at radius 1 is 0.923 bits per heavy atom. The first-order valence-corrected chi connectivity index (χ1v) is 8.61. The van der Waals surface area contributed by atoms with E-state index in [-0.39, 0.29) is 12.5 Å². The zero-order valence-electron chi connectivity index (χ0n) is 14.3. The van der Waals surface area contributed by atoms with Crippen molar-refractivity contribution in [2.24, 2.45) is 0 Å². The van der Waals surface area contributed by atoms with Crippen molar-refractivity contribution in [3.05, 3.63) is 83.4 Å². The van der Waals surface area contributed by atoms with Gasteiger partial charge in [-0.1, -0.05) is 35.9 Å². The van der Waals surface area contributed by atoms with Crippen LogP contribution in [0, 0.1) is 6.92 Å². The van der Waals surface area contributed by atoms with E-state index in [4.69, 9.17) is 16.3 Å². The number of para-hydroxylation sites is 1. The van der Waals surface area contributed by atoms with E-state index in [9.17, 15) is 4.79 Å². The minimum atomic E-state index is -0.139. The van der Waals surface area contributed by atoms with Crippen molar-refractivity contribution in [3.63, 3.8) is 0 Å². The quantitative estimate of drug-likeness (QED) is 0.606. The Morgan fingerprint density at radius 3 is 2.35 bits per heavy atom. The smallest absolute Gasteiger partial charge is 0.243 e. The lowest BCUT2D eigenvalue weighted by molar-refractivity contribution is -0.114. The molecule has 0 aromatic heterocycles. The molecule has 0 saturated carbocycles. The van der Waals surface area contributed by atoms with E-state index in [1.165, 1.54) is 0 Å². The third-order valence-electron chi connectivity index (χ3n) is 3.83. The van der Waals surface area contributed by atoms with Crippen LogP contribution in [0.15, 0.2) is 72.8 Å². The number of rotatable bonds is 6. The number of nitrogens with one attached hydrogen (secondary N) is 2. The fraction of sp³-hybridized carbons (Fsp3) is 0.0952. The largest absolute Gasteiger partial charge is 0.457 e. The number of halogens is 1. The van der Waals surface area contributed by atoms with Crippen LogP contribution in [0.2, 0.25) is 5.02 Å². The Kier molecular flexibility index (Phi) is 5.77. The summed E-state index contributed by atoms with van der Waals surface area (Å²) < 4.78 is 5.74. The second-order valence-corrected chi connectivity index (χ2v) is 6.16. The minimum Gasteiger partial charge on any atom is -0.457 e. The van der Waals surface area contributed by atoms with Gasteiger partial charge in [0.25, 0.3) is 0 Å². The molecule has 0 aliphatic carbocycles. The molecule has 0 spiro atoms. The zero-order chi connectivity index (χ0) is 18.4. The molecular formula is C21H19ClN2O2. The summed E-state index contributed by atoms with van der Waals surface area (Å²) in [6, 6.07) is 22.5. The highest BCUT2D eigenvalue weighted by Crippen LogP contribution is 2.24. The highest BCUT2D eigenvalue weighted by molar-refractivity contribution is 6.31. The van der Waals surface area contributed by atoms with Crippen molar-refractivity contribution in [1.82, 2.24) is 0 Å². The van der Waals surface area contributed by atoms with Crippen LogP contribution < -0.4 is 15.4 Å². The van der Waals surface area contributed by atoms with E-state index in [0.717, 1.165) is 28.4 Å². The molecule has 3 aromatic carbocycles. The van der Waals surface area contributed by atoms with E-state index >= 15 is 0 Å². The van der Waals surface area contributed by atoms with E-state index in [2.05, 4.69) is 10.6 Å². The summed E-state index contributed by atoms with van der Waals surface area (Å²) >= 11 is 6.06. The van der Waals surface area contributed by atoms with Crippen LogP contribution in [-0.2, 0) is 4.79 Å². The fourth-order valence-corrected chi connectivity index (χ4v) is 2.56. The number of hydrogen-bond donors (Lipinski definition) is 2. The molecule has 3 aromatic rings. The van der Waals surface area contributed by atoms with Gasteiger partial charge in [0.15, 0.2) is 0 Å². The molecule has 0 aliphatic rings. The van der Waals surface area contributed by atoms with E-state index in [1.807, 2.05) is 73.7 Å². The predicted octanol–water partition coefficient (Wildman–Crippen LogP) is 5.49. The molecule has 26 heavy (non-hydrogen) atoms. The Hall–Kier alpha value is -2.98. The number of ether oxygens (including phenoxy) is 1. The molecule has 0 bridgehead atoms. The summed E-state index contributed by atoms with van der Waals surface area (Å²) in [5, 5.41) is 6.57. The molecule has 5 heteroatoms. The molecule has 0 saturated heterocycles. The van der Waals surface area contributed by atoms with Gasteiger partial charge in [-0.05, 0) is 61.0 Å². The first-order valence-electron chi connectivity index (χ1n) is 8.23. The molecular weight excluding hydrogens is 348 g/mol. The third kappa shape index (κ3) is 4.77. The van der Waals surface area contributed by atoms with Crippen LogP contribution in [0.25, 0.3) is 0 Å². The van der Waals surface area contributed by atoms with Crippen LogP contribution in [0.5, 0.6) is 11.5 Å². The molecule has 4 nitrogen and oxygen atoms in total. The molecule has 132 valence electrons. The number of hydrogen-bond acceptors (Lipinski definition) is 3. The zero-order valence-corrected chi connectivity index (χ0v) is 15.1. The van der Waals surface area contributed by atoms with Crippen LogP contribution >= 0.6 is 11.6 Å². The van der Waals surface area contributed by atoms with Crippen LogP contribution in [0.1, 0.15) is 5.56 Å². The molecule has 0 radical (unpaired) electrons. The average molecular weight is 367 g/mol.